The predicted molar refractivity (Wildman–Crippen MR) is 99.1 cm³/mol. The van der Waals surface area contributed by atoms with E-state index in [2.05, 4.69) is 4.98 Å². The molecular weight excluding hydrogens is 353 g/mol. The monoisotopic (exact) mass is 373 g/mol. The largest absolute Gasteiger partial charge is 0.309 e. The number of anilines is 1. The highest BCUT2D eigenvalue weighted by molar-refractivity contribution is 7.99. The van der Waals surface area contributed by atoms with Gasteiger partial charge in [-0.15, -0.1) is 0 Å². The first-order valence-electron chi connectivity index (χ1n) is 8.76. The third-order valence-electron chi connectivity index (χ3n) is 5.16. The van der Waals surface area contributed by atoms with Gasteiger partial charge in [0.05, 0.1) is 5.92 Å². The van der Waals surface area contributed by atoms with Gasteiger partial charge in [-0.2, -0.15) is 0 Å². The number of fused-ring (bicyclic) bond motifs is 2. The van der Waals surface area contributed by atoms with Crippen molar-refractivity contribution in [2.24, 2.45) is 5.92 Å². The molecule has 2 unspecified atom stereocenters. The van der Waals surface area contributed by atoms with Gasteiger partial charge in [-0.3, -0.25) is 14.2 Å². The molecule has 4 rings (SSSR count). The second-order valence-corrected chi connectivity index (χ2v) is 8.00. The molecule has 1 aromatic heterocycles. The third kappa shape index (κ3) is 2.84. The highest BCUT2D eigenvalue weighted by Crippen LogP contribution is 2.34. The van der Waals surface area contributed by atoms with Gasteiger partial charge in [0.2, 0.25) is 5.91 Å². The van der Waals surface area contributed by atoms with Gasteiger partial charge in [-0.1, -0.05) is 11.8 Å². The topological polar surface area (TPSA) is 55.2 Å². The highest BCUT2D eigenvalue weighted by Gasteiger charge is 2.35. The van der Waals surface area contributed by atoms with Gasteiger partial charge in [-0.05, 0) is 50.5 Å². The van der Waals surface area contributed by atoms with E-state index in [-0.39, 0.29) is 29.2 Å². The summed E-state index contributed by atoms with van der Waals surface area (Å²) in [7, 11) is 0. The number of aromatic nitrogens is 2. The summed E-state index contributed by atoms with van der Waals surface area (Å²) in [6.07, 6.45) is 3.16. The molecule has 0 N–H and O–H groups in total. The van der Waals surface area contributed by atoms with Crippen LogP contribution >= 0.6 is 11.8 Å². The Kier molecular flexibility index (Phi) is 4.34. The smallest absolute Gasteiger partial charge is 0.257 e. The lowest BCUT2D eigenvalue weighted by atomic mass is 9.94. The van der Waals surface area contributed by atoms with Gasteiger partial charge in [0, 0.05) is 35.8 Å². The second-order valence-electron chi connectivity index (χ2n) is 7.02. The van der Waals surface area contributed by atoms with E-state index in [1.807, 2.05) is 6.92 Å². The first-order chi connectivity index (χ1) is 12.5. The molecule has 2 aromatic rings. The molecule has 2 atom stereocenters. The van der Waals surface area contributed by atoms with E-state index in [0.717, 1.165) is 24.1 Å². The minimum atomic E-state index is -0.299. The Labute approximate surface area is 155 Å². The molecule has 2 aliphatic heterocycles. The zero-order valence-electron chi connectivity index (χ0n) is 14.7. The molecule has 0 spiro atoms. The average molecular weight is 373 g/mol. The van der Waals surface area contributed by atoms with Gasteiger partial charge >= 0.3 is 0 Å². The molecular formula is C19H20FN3O2S. The van der Waals surface area contributed by atoms with Crippen molar-refractivity contribution in [1.82, 2.24) is 9.55 Å². The van der Waals surface area contributed by atoms with Crippen molar-refractivity contribution in [2.45, 2.75) is 44.4 Å². The van der Waals surface area contributed by atoms with Crippen molar-refractivity contribution >= 4 is 23.4 Å². The number of carbonyl (C=O) groups is 1. The minimum Gasteiger partial charge on any atom is -0.309 e. The van der Waals surface area contributed by atoms with Crippen molar-refractivity contribution in [3.8, 4) is 0 Å². The van der Waals surface area contributed by atoms with Crippen molar-refractivity contribution in [3.05, 3.63) is 51.7 Å². The van der Waals surface area contributed by atoms with Crippen LogP contribution in [-0.2, 0) is 17.8 Å². The molecule has 1 amide bonds. The molecule has 136 valence electrons. The molecule has 7 heteroatoms. The van der Waals surface area contributed by atoms with Crippen molar-refractivity contribution in [3.63, 3.8) is 0 Å². The summed E-state index contributed by atoms with van der Waals surface area (Å²) in [6, 6.07) is 4.67. The Bertz CT molecular complexity index is 943. The standard InChI is InChI=1S/C19H20FN3O2S/c1-11-8-21-19-22(17(11)24)9-14(10-26-19)18(25)23-12(2)3-4-13-7-15(20)5-6-16(13)23/h5-8,12,14H,3-4,9-10H2,1-2H3. The molecule has 0 radical (unpaired) electrons. The maximum atomic E-state index is 13.6. The summed E-state index contributed by atoms with van der Waals surface area (Å²) >= 11 is 1.44. The van der Waals surface area contributed by atoms with Crippen LogP contribution in [0.15, 0.2) is 34.3 Å². The van der Waals surface area contributed by atoms with Crippen LogP contribution in [0.1, 0.15) is 24.5 Å². The predicted octanol–water partition coefficient (Wildman–Crippen LogP) is 2.78. The normalized spacial score (nSPS) is 21.9. The fraction of sp³-hybridized carbons (Fsp3) is 0.421. The molecule has 0 saturated heterocycles. The number of hydrogen-bond acceptors (Lipinski definition) is 4. The summed E-state index contributed by atoms with van der Waals surface area (Å²) in [5.41, 5.74) is 2.15. The Morgan fingerprint density at radius 3 is 3.00 bits per heavy atom. The number of hydrogen-bond donors (Lipinski definition) is 0. The van der Waals surface area contributed by atoms with Crippen molar-refractivity contribution < 1.29 is 9.18 Å². The van der Waals surface area contributed by atoms with Crippen LogP contribution in [0.2, 0.25) is 0 Å². The molecule has 0 saturated carbocycles. The lowest BCUT2D eigenvalue weighted by molar-refractivity contribution is -0.122. The first-order valence-corrected chi connectivity index (χ1v) is 9.75. The quantitative estimate of drug-likeness (QED) is 0.722. The minimum absolute atomic E-state index is 0.00313. The zero-order valence-corrected chi connectivity index (χ0v) is 15.6. The van der Waals surface area contributed by atoms with Gasteiger partial charge in [0.15, 0.2) is 5.16 Å². The molecule has 3 heterocycles. The zero-order chi connectivity index (χ0) is 18.4. The Morgan fingerprint density at radius 1 is 1.38 bits per heavy atom. The van der Waals surface area contributed by atoms with Crippen LogP contribution in [0.5, 0.6) is 0 Å². The van der Waals surface area contributed by atoms with Gasteiger partial charge in [0.1, 0.15) is 5.82 Å². The first kappa shape index (κ1) is 17.3. The second kappa shape index (κ2) is 6.54. The molecule has 5 nitrogen and oxygen atoms in total. The molecule has 2 aliphatic rings. The van der Waals surface area contributed by atoms with Crippen LogP contribution < -0.4 is 10.5 Å². The van der Waals surface area contributed by atoms with E-state index in [9.17, 15) is 14.0 Å². The van der Waals surface area contributed by atoms with Crippen LogP contribution in [-0.4, -0.2) is 27.3 Å². The third-order valence-corrected chi connectivity index (χ3v) is 6.31. The summed E-state index contributed by atoms with van der Waals surface area (Å²) in [5, 5.41) is 0.666. The number of benzene rings is 1. The van der Waals surface area contributed by atoms with E-state index >= 15 is 0 Å². The van der Waals surface area contributed by atoms with E-state index in [1.54, 1.807) is 28.7 Å². The van der Waals surface area contributed by atoms with Crippen molar-refractivity contribution in [1.29, 1.82) is 0 Å². The molecule has 26 heavy (non-hydrogen) atoms. The molecule has 0 bridgehead atoms. The van der Waals surface area contributed by atoms with E-state index in [4.69, 9.17) is 0 Å². The SMILES string of the molecule is Cc1cnc2n(c1=O)CC(C(=O)N1c3ccc(F)cc3CCC1C)CS2. The molecule has 0 fully saturated rings. The molecule has 0 aliphatic carbocycles. The van der Waals surface area contributed by atoms with Crippen LogP contribution in [0.4, 0.5) is 10.1 Å². The fourth-order valence-corrected chi connectivity index (χ4v) is 4.74. The number of amides is 1. The van der Waals surface area contributed by atoms with Crippen LogP contribution in [0.25, 0.3) is 0 Å². The Balaban J connectivity index is 1.66. The van der Waals surface area contributed by atoms with Crippen LogP contribution in [0.3, 0.4) is 0 Å². The lowest BCUT2D eigenvalue weighted by Gasteiger charge is -2.38. The van der Waals surface area contributed by atoms with Gasteiger partial charge in [0.25, 0.3) is 5.56 Å². The number of nitrogens with zero attached hydrogens (tertiary/aromatic N) is 3. The van der Waals surface area contributed by atoms with E-state index in [1.165, 1.54) is 23.9 Å². The summed E-state index contributed by atoms with van der Waals surface area (Å²) < 4.78 is 15.2. The highest BCUT2D eigenvalue weighted by atomic mass is 32.2. The maximum absolute atomic E-state index is 13.6. The maximum Gasteiger partial charge on any atom is 0.257 e. The molecule has 1 aromatic carbocycles. The number of halogens is 1. The van der Waals surface area contributed by atoms with Gasteiger partial charge in [-0.25, -0.2) is 9.37 Å². The fourth-order valence-electron chi connectivity index (χ4n) is 3.70. The average Bonchev–Trinajstić information content (AvgIpc) is 2.64. The summed E-state index contributed by atoms with van der Waals surface area (Å²) in [4.78, 5) is 31.8. The number of rotatable bonds is 1. The van der Waals surface area contributed by atoms with E-state index < -0.39 is 0 Å². The lowest BCUT2D eigenvalue weighted by Crippen LogP contribution is -2.48. The summed E-state index contributed by atoms with van der Waals surface area (Å²) in [6.45, 7) is 4.09. The van der Waals surface area contributed by atoms with Crippen LogP contribution in [0, 0.1) is 18.7 Å². The number of aryl methyl sites for hydroxylation is 2. The Hall–Kier alpha value is -2.15. The summed E-state index contributed by atoms with van der Waals surface area (Å²) in [5.74, 6) is 0.0125. The van der Waals surface area contributed by atoms with Gasteiger partial charge < -0.3 is 4.90 Å². The Morgan fingerprint density at radius 2 is 2.19 bits per heavy atom. The van der Waals surface area contributed by atoms with Crippen molar-refractivity contribution in [2.75, 3.05) is 10.7 Å². The number of thioether (sulfide) groups is 1. The van der Waals surface area contributed by atoms with E-state index in [0.29, 0.717) is 23.0 Å². The number of carbonyl (C=O) groups excluding carboxylic acids is 1.